The number of carbonyl (C=O) groups is 3. The number of hydrogen-bond donors (Lipinski definition) is 2. The first-order valence-corrected chi connectivity index (χ1v) is 10.9. The van der Waals surface area contributed by atoms with Crippen LogP contribution in [-0.2, 0) is 20.5 Å². The lowest BCUT2D eigenvalue weighted by molar-refractivity contribution is -0.137. The third-order valence-corrected chi connectivity index (χ3v) is 5.31. The molecule has 3 aromatic rings. The lowest BCUT2D eigenvalue weighted by Crippen LogP contribution is -2.21. The summed E-state index contributed by atoms with van der Waals surface area (Å²) in [4.78, 5) is 36.2. The second-order valence-electron chi connectivity index (χ2n) is 7.17. The summed E-state index contributed by atoms with van der Waals surface area (Å²) in [6.07, 6.45) is -4.53. The molecule has 188 valence electrons. The molecule has 0 aromatic heterocycles. The van der Waals surface area contributed by atoms with Crippen LogP contribution in [0.5, 0.6) is 5.75 Å². The van der Waals surface area contributed by atoms with Crippen LogP contribution in [0.25, 0.3) is 0 Å². The highest BCUT2D eigenvalue weighted by Crippen LogP contribution is 2.31. The Morgan fingerprint density at radius 2 is 1.50 bits per heavy atom. The highest BCUT2D eigenvalue weighted by Gasteiger charge is 2.30. The molecule has 0 radical (unpaired) electrons. The predicted octanol–water partition coefficient (Wildman–Crippen LogP) is 5.83. The molecule has 0 fully saturated rings. The van der Waals surface area contributed by atoms with E-state index < -0.39 is 42.7 Å². The van der Waals surface area contributed by atoms with Gasteiger partial charge in [0.25, 0.3) is 11.8 Å². The predicted molar refractivity (Wildman–Crippen MR) is 127 cm³/mol. The summed E-state index contributed by atoms with van der Waals surface area (Å²) in [5.41, 5.74) is -0.541. The molecule has 0 saturated carbocycles. The van der Waals surface area contributed by atoms with Crippen LogP contribution in [0.15, 0.2) is 66.7 Å². The van der Waals surface area contributed by atoms with Gasteiger partial charge in [0.2, 0.25) is 0 Å². The summed E-state index contributed by atoms with van der Waals surface area (Å²) in [6, 6.07) is 14.4. The largest absolute Gasteiger partial charge is 0.484 e. The molecule has 12 heteroatoms. The smallest absolute Gasteiger partial charge is 0.416 e. The fourth-order valence-electron chi connectivity index (χ4n) is 2.81. The average Bonchev–Trinajstić information content (AvgIpc) is 2.84. The van der Waals surface area contributed by atoms with E-state index in [2.05, 4.69) is 10.6 Å². The van der Waals surface area contributed by atoms with E-state index in [1.807, 2.05) is 0 Å². The van der Waals surface area contributed by atoms with Crippen molar-refractivity contribution in [1.29, 1.82) is 0 Å². The lowest BCUT2D eigenvalue weighted by Gasteiger charge is -2.11. The standard InChI is InChI=1S/C24H17Cl2F3N2O5/c25-18-5-2-6-19(22(18)26)31-21(33)13-36-23(34)14-7-9-17(10-8-14)35-12-20(32)30-16-4-1-3-15(11-16)24(27,28)29/h1-11H,12-13H2,(H,30,32)(H,31,33). The second kappa shape index (κ2) is 11.8. The third kappa shape index (κ3) is 7.62. The Kier molecular flexibility index (Phi) is 8.78. The first-order chi connectivity index (χ1) is 17.0. The summed E-state index contributed by atoms with van der Waals surface area (Å²) in [5.74, 6) is -1.86. The van der Waals surface area contributed by atoms with Gasteiger partial charge in [0.15, 0.2) is 13.2 Å². The van der Waals surface area contributed by atoms with Crippen molar-refractivity contribution < 1.29 is 37.0 Å². The monoisotopic (exact) mass is 540 g/mol. The minimum absolute atomic E-state index is 0.0295. The number of nitrogens with one attached hydrogen (secondary N) is 2. The second-order valence-corrected chi connectivity index (χ2v) is 7.95. The number of rotatable bonds is 8. The van der Waals surface area contributed by atoms with Crippen molar-refractivity contribution in [2.24, 2.45) is 0 Å². The summed E-state index contributed by atoms with van der Waals surface area (Å²) < 4.78 is 48.5. The van der Waals surface area contributed by atoms with Crippen molar-refractivity contribution in [3.05, 3.63) is 87.9 Å². The van der Waals surface area contributed by atoms with Crippen molar-refractivity contribution in [3.63, 3.8) is 0 Å². The molecular weight excluding hydrogens is 524 g/mol. The summed E-state index contributed by atoms with van der Waals surface area (Å²) in [7, 11) is 0. The van der Waals surface area contributed by atoms with E-state index in [-0.39, 0.29) is 32.7 Å². The Bertz CT molecular complexity index is 1270. The molecular formula is C24H17Cl2F3N2O5. The normalized spacial score (nSPS) is 10.9. The van der Waals surface area contributed by atoms with E-state index in [1.165, 1.54) is 42.5 Å². The van der Waals surface area contributed by atoms with E-state index in [0.717, 1.165) is 12.1 Å². The Morgan fingerprint density at radius 1 is 0.833 bits per heavy atom. The van der Waals surface area contributed by atoms with Gasteiger partial charge in [-0.3, -0.25) is 9.59 Å². The zero-order chi connectivity index (χ0) is 26.3. The van der Waals surface area contributed by atoms with Gasteiger partial charge < -0.3 is 20.1 Å². The maximum Gasteiger partial charge on any atom is 0.416 e. The molecule has 3 rings (SSSR count). The molecule has 0 atom stereocenters. The van der Waals surface area contributed by atoms with Crippen LogP contribution in [0.2, 0.25) is 10.0 Å². The molecule has 3 aromatic carbocycles. The number of halogens is 5. The van der Waals surface area contributed by atoms with Gasteiger partial charge in [0.1, 0.15) is 5.75 Å². The highest BCUT2D eigenvalue weighted by atomic mass is 35.5. The van der Waals surface area contributed by atoms with Crippen LogP contribution in [0, 0.1) is 0 Å². The molecule has 36 heavy (non-hydrogen) atoms. The quantitative estimate of drug-likeness (QED) is 0.351. The van der Waals surface area contributed by atoms with Crippen molar-refractivity contribution in [3.8, 4) is 5.75 Å². The molecule has 2 N–H and O–H groups in total. The van der Waals surface area contributed by atoms with E-state index >= 15 is 0 Å². The van der Waals surface area contributed by atoms with Gasteiger partial charge in [-0.05, 0) is 54.6 Å². The molecule has 0 aliphatic heterocycles. The van der Waals surface area contributed by atoms with Crippen LogP contribution >= 0.6 is 23.2 Å². The summed E-state index contributed by atoms with van der Waals surface area (Å²) >= 11 is 11.9. The minimum Gasteiger partial charge on any atom is -0.484 e. The zero-order valence-electron chi connectivity index (χ0n) is 18.2. The van der Waals surface area contributed by atoms with Gasteiger partial charge in [0.05, 0.1) is 26.9 Å². The average molecular weight is 541 g/mol. The Morgan fingerprint density at radius 3 is 2.19 bits per heavy atom. The van der Waals surface area contributed by atoms with Gasteiger partial charge in [-0.15, -0.1) is 0 Å². The van der Waals surface area contributed by atoms with Crippen molar-refractivity contribution in [1.82, 2.24) is 0 Å². The molecule has 0 bridgehead atoms. The Balaban J connectivity index is 1.46. The van der Waals surface area contributed by atoms with Crippen LogP contribution in [-0.4, -0.2) is 31.0 Å². The van der Waals surface area contributed by atoms with Crippen LogP contribution < -0.4 is 15.4 Å². The van der Waals surface area contributed by atoms with Crippen LogP contribution in [0.3, 0.4) is 0 Å². The molecule has 2 amide bonds. The SMILES string of the molecule is O=C(COc1ccc(C(=O)OCC(=O)Nc2cccc(Cl)c2Cl)cc1)Nc1cccc(C(F)(F)F)c1. The molecule has 7 nitrogen and oxygen atoms in total. The van der Waals surface area contributed by atoms with Crippen LogP contribution in [0.4, 0.5) is 24.5 Å². The summed E-state index contributed by atoms with van der Waals surface area (Å²) in [6.45, 7) is -1.05. The molecule has 0 unspecified atom stereocenters. The molecule has 0 aliphatic rings. The third-order valence-electron chi connectivity index (χ3n) is 4.49. The minimum atomic E-state index is -4.53. The van der Waals surface area contributed by atoms with Gasteiger partial charge in [-0.2, -0.15) is 13.2 Å². The van der Waals surface area contributed by atoms with E-state index in [1.54, 1.807) is 12.1 Å². The number of ether oxygens (including phenoxy) is 2. The maximum atomic E-state index is 12.8. The van der Waals surface area contributed by atoms with Crippen LogP contribution in [0.1, 0.15) is 15.9 Å². The number of amides is 2. The van der Waals surface area contributed by atoms with Gasteiger partial charge in [-0.25, -0.2) is 4.79 Å². The molecule has 0 aliphatic carbocycles. The fourth-order valence-corrected chi connectivity index (χ4v) is 3.16. The Labute approximate surface area is 213 Å². The van der Waals surface area contributed by atoms with Gasteiger partial charge in [-0.1, -0.05) is 35.3 Å². The van der Waals surface area contributed by atoms with E-state index in [9.17, 15) is 27.6 Å². The van der Waals surface area contributed by atoms with Crippen molar-refractivity contribution in [2.75, 3.05) is 23.8 Å². The maximum absolute atomic E-state index is 12.8. The Hall–Kier alpha value is -3.76. The molecule has 0 spiro atoms. The number of alkyl halides is 3. The highest BCUT2D eigenvalue weighted by molar-refractivity contribution is 6.44. The van der Waals surface area contributed by atoms with Gasteiger partial charge >= 0.3 is 12.1 Å². The molecule has 0 saturated heterocycles. The van der Waals surface area contributed by atoms with Gasteiger partial charge in [0, 0.05) is 5.69 Å². The number of hydrogen-bond acceptors (Lipinski definition) is 5. The zero-order valence-corrected chi connectivity index (χ0v) is 19.7. The van der Waals surface area contributed by atoms with Crippen molar-refractivity contribution >= 4 is 52.4 Å². The number of esters is 1. The number of benzene rings is 3. The summed E-state index contributed by atoms with van der Waals surface area (Å²) in [5, 5.41) is 5.19. The van der Waals surface area contributed by atoms with E-state index in [4.69, 9.17) is 32.7 Å². The van der Waals surface area contributed by atoms with Crippen molar-refractivity contribution in [2.45, 2.75) is 6.18 Å². The lowest BCUT2D eigenvalue weighted by atomic mass is 10.2. The number of anilines is 2. The van der Waals surface area contributed by atoms with E-state index in [0.29, 0.717) is 0 Å². The first-order valence-electron chi connectivity index (χ1n) is 10.1. The molecule has 0 heterocycles. The number of carbonyl (C=O) groups excluding carboxylic acids is 3. The first kappa shape index (κ1) is 26.8. The fraction of sp³-hybridized carbons (Fsp3) is 0.125. The topological polar surface area (TPSA) is 93.7 Å².